The summed E-state index contributed by atoms with van der Waals surface area (Å²) in [6.07, 6.45) is 4.43. The van der Waals surface area contributed by atoms with Gasteiger partial charge in [0.25, 0.3) is 5.91 Å². The highest BCUT2D eigenvalue weighted by atomic mass is 16.5. The van der Waals surface area contributed by atoms with Crippen LogP contribution in [0.25, 0.3) is 16.8 Å². The Hall–Kier alpha value is -2.86. The maximum atomic E-state index is 12.7. The Morgan fingerprint density at radius 1 is 1.10 bits per heavy atom. The lowest BCUT2D eigenvalue weighted by atomic mass is 10.1. The normalized spacial score (nSPS) is 17.5. The van der Waals surface area contributed by atoms with Gasteiger partial charge in [0.2, 0.25) is 5.91 Å². The molecule has 0 aliphatic carbocycles. The molecule has 2 aromatic carbocycles. The lowest BCUT2D eigenvalue weighted by Crippen LogP contribution is -3.13. The van der Waals surface area contributed by atoms with Crippen LogP contribution < -0.4 is 15.0 Å². The number of quaternary nitrogens is 1. The second-order valence-electron chi connectivity index (χ2n) is 9.21. The van der Waals surface area contributed by atoms with Gasteiger partial charge in [-0.15, -0.1) is 0 Å². The van der Waals surface area contributed by atoms with E-state index < -0.39 is 0 Å². The molecule has 1 atom stereocenters. The van der Waals surface area contributed by atoms with Gasteiger partial charge in [0.15, 0.2) is 6.54 Å². The van der Waals surface area contributed by atoms with E-state index >= 15 is 0 Å². The zero-order valence-electron chi connectivity index (χ0n) is 19.0. The molecule has 0 radical (unpaired) electrons. The Morgan fingerprint density at radius 2 is 1.84 bits per heavy atom. The maximum Gasteiger partial charge on any atom is 0.275 e. The van der Waals surface area contributed by atoms with E-state index in [1.807, 2.05) is 62.1 Å². The molecule has 3 rings (SSSR count). The van der Waals surface area contributed by atoms with E-state index in [-0.39, 0.29) is 17.4 Å². The summed E-state index contributed by atoms with van der Waals surface area (Å²) < 4.78 is 5.27. The van der Waals surface area contributed by atoms with Crippen molar-refractivity contribution in [3.05, 3.63) is 48.0 Å². The van der Waals surface area contributed by atoms with Crippen LogP contribution in [0.5, 0.6) is 5.75 Å². The first-order valence-corrected chi connectivity index (χ1v) is 10.9. The van der Waals surface area contributed by atoms with E-state index in [0.29, 0.717) is 13.1 Å². The molecule has 0 spiro atoms. The second-order valence-corrected chi connectivity index (χ2v) is 9.21. The molecule has 166 valence electrons. The zero-order valence-corrected chi connectivity index (χ0v) is 19.0. The third-order valence-electron chi connectivity index (χ3n) is 5.42. The molecule has 2 amide bonds. The quantitative estimate of drug-likeness (QED) is 0.721. The molecule has 2 aromatic rings. The molecule has 1 unspecified atom stereocenters. The summed E-state index contributed by atoms with van der Waals surface area (Å²) in [7, 11) is 1.66. The largest absolute Gasteiger partial charge is 0.497 e. The van der Waals surface area contributed by atoms with E-state index in [1.54, 1.807) is 13.2 Å². The van der Waals surface area contributed by atoms with Crippen molar-refractivity contribution in [3.63, 3.8) is 0 Å². The monoisotopic (exact) mass is 424 g/mol. The smallest absolute Gasteiger partial charge is 0.275 e. The van der Waals surface area contributed by atoms with Gasteiger partial charge in [0.05, 0.1) is 26.7 Å². The van der Waals surface area contributed by atoms with Gasteiger partial charge in [-0.05, 0) is 61.4 Å². The van der Waals surface area contributed by atoms with Gasteiger partial charge >= 0.3 is 0 Å². The molecule has 0 bridgehead atoms. The highest BCUT2D eigenvalue weighted by molar-refractivity contribution is 5.93. The average Bonchev–Trinajstić information content (AvgIpc) is 2.95. The summed E-state index contributed by atoms with van der Waals surface area (Å²) in [5.74, 6) is 0.922. The number of nitrogens with one attached hydrogen (secondary N) is 2. The molecule has 2 N–H and O–H groups in total. The number of ether oxygens (including phenoxy) is 1. The number of benzene rings is 2. The number of fused-ring (bicyclic) bond motifs is 1. The Morgan fingerprint density at radius 3 is 2.58 bits per heavy atom. The summed E-state index contributed by atoms with van der Waals surface area (Å²) in [5, 5.41) is 5.23. The van der Waals surface area contributed by atoms with Crippen LogP contribution in [-0.4, -0.2) is 62.1 Å². The number of nitrogens with zero attached hydrogens (tertiary/aromatic N) is 1. The fraction of sp³-hybridized carbons (Fsp3) is 0.440. The van der Waals surface area contributed by atoms with E-state index in [9.17, 15) is 9.59 Å². The summed E-state index contributed by atoms with van der Waals surface area (Å²) in [4.78, 5) is 28.0. The summed E-state index contributed by atoms with van der Waals surface area (Å²) in [5.41, 5.74) is 0.774. The number of carbonyl (C=O) groups is 2. The first-order chi connectivity index (χ1) is 14.7. The number of carbonyl (C=O) groups excluding carboxylic acids is 2. The predicted octanol–water partition coefficient (Wildman–Crippen LogP) is 1.89. The fourth-order valence-electron chi connectivity index (χ4n) is 3.88. The highest BCUT2D eigenvalue weighted by Gasteiger charge is 2.23. The fourth-order valence-corrected chi connectivity index (χ4v) is 3.88. The number of rotatable bonds is 5. The van der Waals surface area contributed by atoms with Crippen LogP contribution in [0.3, 0.4) is 0 Å². The minimum Gasteiger partial charge on any atom is -0.497 e. The van der Waals surface area contributed by atoms with Crippen LogP contribution in [-0.2, 0) is 9.59 Å². The topological polar surface area (TPSA) is 63.1 Å². The zero-order chi connectivity index (χ0) is 22.4. The molecule has 1 fully saturated rings. The van der Waals surface area contributed by atoms with E-state index in [0.717, 1.165) is 48.1 Å². The molecule has 0 aromatic heterocycles. The van der Waals surface area contributed by atoms with Crippen LogP contribution >= 0.6 is 0 Å². The average molecular weight is 425 g/mol. The Kier molecular flexibility index (Phi) is 7.33. The lowest BCUT2D eigenvalue weighted by Gasteiger charge is -2.23. The number of hydrogen-bond donors (Lipinski definition) is 2. The minimum atomic E-state index is -0.218. The minimum absolute atomic E-state index is 0.0234. The maximum absolute atomic E-state index is 12.7. The van der Waals surface area contributed by atoms with Crippen molar-refractivity contribution in [2.75, 3.05) is 39.8 Å². The molecule has 1 heterocycles. The summed E-state index contributed by atoms with van der Waals surface area (Å²) >= 11 is 0. The third-order valence-corrected chi connectivity index (χ3v) is 5.42. The molecule has 6 heteroatoms. The van der Waals surface area contributed by atoms with Gasteiger partial charge in [0, 0.05) is 24.6 Å². The molecule has 31 heavy (non-hydrogen) atoms. The van der Waals surface area contributed by atoms with Crippen molar-refractivity contribution in [2.24, 2.45) is 0 Å². The lowest BCUT2D eigenvalue weighted by molar-refractivity contribution is -0.889. The van der Waals surface area contributed by atoms with Crippen LogP contribution in [0, 0.1) is 0 Å². The molecule has 1 aliphatic rings. The second kappa shape index (κ2) is 9.96. The van der Waals surface area contributed by atoms with E-state index in [1.165, 1.54) is 4.90 Å². The molecule has 1 aliphatic heterocycles. The van der Waals surface area contributed by atoms with Gasteiger partial charge < -0.3 is 19.9 Å². The van der Waals surface area contributed by atoms with Crippen molar-refractivity contribution < 1.29 is 19.2 Å². The van der Waals surface area contributed by atoms with Crippen LogP contribution in [0.1, 0.15) is 32.8 Å². The number of methoxy groups -OCH3 is 1. The van der Waals surface area contributed by atoms with Gasteiger partial charge in [0.1, 0.15) is 5.75 Å². The standard InChI is InChI=1S/C25H33N3O3/c1-25(2,3)26-23(29)18-27-12-5-13-28(15-14-27)24(30)11-7-19-6-8-21-17-22(31-4)10-9-20(21)16-19/h6-11,16-17H,5,12-15,18H2,1-4H3,(H,26,29)/p+1/b11-7+. The molecular formula is C25H34N3O3+. The van der Waals surface area contributed by atoms with Crippen LogP contribution in [0.15, 0.2) is 42.5 Å². The van der Waals surface area contributed by atoms with Crippen molar-refractivity contribution in [1.29, 1.82) is 0 Å². The molecule has 0 saturated carbocycles. The Bertz CT molecular complexity index is 962. The number of hydrogen-bond acceptors (Lipinski definition) is 3. The van der Waals surface area contributed by atoms with Crippen molar-refractivity contribution >= 4 is 28.7 Å². The van der Waals surface area contributed by atoms with Gasteiger partial charge in [-0.3, -0.25) is 9.59 Å². The number of amides is 2. The first-order valence-electron chi connectivity index (χ1n) is 10.9. The van der Waals surface area contributed by atoms with Crippen molar-refractivity contribution in [1.82, 2.24) is 10.2 Å². The van der Waals surface area contributed by atoms with E-state index in [4.69, 9.17) is 4.74 Å². The van der Waals surface area contributed by atoms with Gasteiger partial charge in [-0.1, -0.05) is 18.2 Å². The molecular weight excluding hydrogens is 390 g/mol. The van der Waals surface area contributed by atoms with E-state index in [2.05, 4.69) is 11.4 Å². The molecule has 1 saturated heterocycles. The summed E-state index contributed by atoms with van der Waals surface area (Å²) in [6.45, 7) is 9.50. The Balaban J connectivity index is 1.56. The van der Waals surface area contributed by atoms with Gasteiger partial charge in [-0.2, -0.15) is 0 Å². The summed E-state index contributed by atoms with van der Waals surface area (Å²) in [6, 6.07) is 12.1. The van der Waals surface area contributed by atoms with Gasteiger partial charge in [-0.25, -0.2) is 0 Å². The first kappa shape index (κ1) is 22.8. The highest BCUT2D eigenvalue weighted by Crippen LogP contribution is 2.22. The predicted molar refractivity (Wildman–Crippen MR) is 124 cm³/mol. The van der Waals surface area contributed by atoms with Crippen LogP contribution in [0.2, 0.25) is 0 Å². The van der Waals surface area contributed by atoms with Crippen LogP contribution in [0.4, 0.5) is 0 Å². The van der Waals surface area contributed by atoms with Crippen molar-refractivity contribution in [2.45, 2.75) is 32.7 Å². The Labute approximate surface area is 184 Å². The van der Waals surface area contributed by atoms with Crippen molar-refractivity contribution in [3.8, 4) is 5.75 Å². The third kappa shape index (κ3) is 6.82. The SMILES string of the molecule is COc1ccc2cc(/C=C/C(=O)N3CCC[NH+](CC(=O)NC(C)(C)C)CC3)ccc2c1. The molecule has 6 nitrogen and oxygen atoms in total.